The van der Waals surface area contributed by atoms with E-state index in [2.05, 4.69) is 10.3 Å². The molecule has 0 saturated heterocycles. The predicted molar refractivity (Wildman–Crippen MR) is 75.1 cm³/mol. The number of likely N-dealkylation sites (N-methyl/N-ethyl adjacent to an activating group) is 1. The fourth-order valence-electron chi connectivity index (χ4n) is 1.66. The molecule has 19 heavy (non-hydrogen) atoms. The summed E-state index contributed by atoms with van der Waals surface area (Å²) in [6.07, 6.45) is 1.54. The van der Waals surface area contributed by atoms with E-state index in [-0.39, 0.29) is 18.6 Å². The Labute approximate surface area is 114 Å². The Kier molecular flexibility index (Phi) is 6.29. The van der Waals surface area contributed by atoms with Crippen molar-refractivity contribution in [1.82, 2.24) is 10.3 Å². The highest BCUT2D eigenvalue weighted by atomic mass is 16.5. The van der Waals surface area contributed by atoms with Gasteiger partial charge in [0.15, 0.2) is 6.61 Å². The highest BCUT2D eigenvalue weighted by molar-refractivity contribution is 5.77. The zero-order valence-electron chi connectivity index (χ0n) is 11.9. The molecule has 1 aromatic rings. The topological polar surface area (TPSA) is 77.2 Å². The highest BCUT2D eigenvalue weighted by Crippen LogP contribution is 2.18. The molecular formula is C14H23N3O2. The average molecular weight is 265 g/mol. The summed E-state index contributed by atoms with van der Waals surface area (Å²) in [5.41, 5.74) is 7.69. The van der Waals surface area contributed by atoms with Gasteiger partial charge in [-0.3, -0.25) is 9.78 Å². The van der Waals surface area contributed by atoms with Gasteiger partial charge in [0.05, 0.1) is 5.69 Å². The molecule has 0 bridgehead atoms. The standard InChI is InChI=1S/C14H23N3O2/c1-4-11(15)8-12-13(7-6-10(3)17-12)19-9-14(18)16-5-2/h6-7,11H,4-5,8-9,15H2,1-3H3,(H,16,18). The van der Waals surface area contributed by atoms with E-state index in [0.29, 0.717) is 18.7 Å². The number of carbonyl (C=O) groups excluding carboxylic acids is 1. The first-order valence-electron chi connectivity index (χ1n) is 6.68. The summed E-state index contributed by atoms with van der Waals surface area (Å²) in [5.74, 6) is 0.509. The van der Waals surface area contributed by atoms with Gasteiger partial charge in [0.2, 0.25) is 0 Å². The average Bonchev–Trinajstić information content (AvgIpc) is 2.38. The third kappa shape index (κ3) is 5.26. The maximum absolute atomic E-state index is 11.4. The number of carbonyl (C=O) groups is 1. The number of nitrogens with zero attached hydrogens (tertiary/aromatic N) is 1. The van der Waals surface area contributed by atoms with Crippen molar-refractivity contribution in [2.45, 2.75) is 39.7 Å². The monoisotopic (exact) mass is 265 g/mol. The molecule has 5 heteroatoms. The van der Waals surface area contributed by atoms with Gasteiger partial charge >= 0.3 is 0 Å². The molecule has 3 N–H and O–H groups in total. The fraction of sp³-hybridized carbons (Fsp3) is 0.571. The zero-order chi connectivity index (χ0) is 14.3. The van der Waals surface area contributed by atoms with Crippen LogP contribution in [0.2, 0.25) is 0 Å². The molecule has 1 rings (SSSR count). The van der Waals surface area contributed by atoms with E-state index in [0.717, 1.165) is 17.8 Å². The fourth-order valence-corrected chi connectivity index (χ4v) is 1.66. The summed E-state index contributed by atoms with van der Waals surface area (Å²) in [6, 6.07) is 3.77. The lowest BCUT2D eigenvalue weighted by atomic mass is 10.1. The van der Waals surface area contributed by atoms with Gasteiger partial charge in [-0.1, -0.05) is 6.92 Å². The first-order valence-corrected chi connectivity index (χ1v) is 6.68. The molecule has 0 aliphatic heterocycles. The van der Waals surface area contributed by atoms with Gasteiger partial charge in [0.1, 0.15) is 5.75 Å². The zero-order valence-corrected chi connectivity index (χ0v) is 11.9. The van der Waals surface area contributed by atoms with Crippen molar-refractivity contribution in [1.29, 1.82) is 0 Å². The Bertz CT molecular complexity index is 421. The van der Waals surface area contributed by atoms with Crippen molar-refractivity contribution in [2.24, 2.45) is 5.73 Å². The van der Waals surface area contributed by atoms with Crippen molar-refractivity contribution in [2.75, 3.05) is 13.2 Å². The molecule has 0 aliphatic carbocycles. The van der Waals surface area contributed by atoms with Crippen molar-refractivity contribution in [3.8, 4) is 5.75 Å². The van der Waals surface area contributed by atoms with Crippen LogP contribution in [0.15, 0.2) is 12.1 Å². The van der Waals surface area contributed by atoms with E-state index in [1.807, 2.05) is 32.9 Å². The van der Waals surface area contributed by atoms with Crippen LogP contribution in [0.4, 0.5) is 0 Å². The lowest BCUT2D eigenvalue weighted by molar-refractivity contribution is -0.122. The molecule has 1 aromatic heterocycles. The Hall–Kier alpha value is -1.62. The molecule has 1 atom stereocenters. The van der Waals surface area contributed by atoms with E-state index in [9.17, 15) is 4.79 Å². The maximum atomic E-state index is 11.4. The van der Waals surface area contributed by atoms with Crippen LogP contribution in [0, 0.1) is 6.92 Å². The second-order valence-electron chi connectivity index (χ2n) is 4.51. The van der Waals surface area contributed by atoms with Crippen molar-refractivity contribution in [3.05, 3.63) is 23.5 Å². The smallest absolute Gasteiger partial charge is 0.257 e. The number of amides is 1. The Morgan fingerprint density at radius 1 is 1.47 bits per heavy atom. The summed E-state index contributed by atoms with van der Waals surface area (Å²) in [7, 11) is 0. The van der Waals surface area contributed by atoms with Gasteiger partial charge in [0.25, 0.3) is 5.91 Å². The molecule has 0 aliphatic rings. The summed E-state index contributed by atoms with van der Waals surface area (Å²) >= 11 is 0. The minimum Gasteiger partial charge on any atom is -0.482 e. The van der Waals surface area contributed by atoms with E-state index in [1.54, 1.807) is 0 Å². The molecule has 0 fully saturated rings. The molecular weight excluding hydrogens is 242 g/mol. The number of nitrogens with one attached hydrogen (secondary N) is 1. The lowest BCUT2D eigenvalue weighted by Gasteiger charge is -2.14. The van der Waals surface area contributed by atoms with Crippen LogP contribution in [0.3, 0.4) is 0 Å². The van der Waals surface area contributed by atoms with Crippen LogP contribution in [0.1, 0.15) is 31.7 Å². The first-order chi connectivity index (χ1) is 9.06. The largest absolute Gasteiger partial charge is 0.482 e. The number of nitrogens with two attached hydrogens (primary N) is 1. The second-order valence-corrected chi connectivity index (χ2v) is 4.51. The minimum atomic E-state index is -0.131. The summed E-state index contributed by atoms with van der Waals surface area (Å²) in [5, 5.41) is 2.69. The normalized spacial score (nSPS) is 12.0. The number of aromatic nitrogens is 1. The number of rotatable bonds is 7. The van der Waals surface area contributed by atoms with Crippen LogP contribution in [0.5, 0.6) is 5.75 Å². The van der Waals surface area contributed by atoms with Gasteiger partial charge in [0, 0.05) is 24.7 Å². The molecule has 0 spiro atoms. The molecule has 0 aromatic carbocycles. The quantitative estimate of drug-likeness (QED) is 0.776. The maximum Gasteiger partial charge on any atom is 0.257 e. The Morgan fingerprint density at radius 3 is 2.84 bits per heavy atom. The summed E-state index contributed by atoms with van der Waals surface area (Å²) < 4.78 is 5.52. The summed E-state index contributed by atoms with van der Waals surface area (Å²) in [4.78, 5) is 15.8. The van der Waals surface area contributed by atoms with Crippen LogP contribution in [-0.2, 0) is 11.2 Å². The van der Waals surface area contributed by atoms with Gasteiger partial charge in [-0.25, -0.2) is 0 Å². The molecule has 106 valence electrons. The molecule has 1 heterocycles. The van der Waals surface area contributed by atoms with Gasteiger partial charge in [-0.15, -0.1) is 0 Å². The molecule has 1 amide bonds. The van der Waals surface area contributed by atoms with Crippen molar-refractivity contribution < 1.29 is 9.53 Å². The number of aryl methyl sites for hydroxylation is 1. The molecule has 0 radical (unpaired) electrons. The first kappa shape index (κ1) is 15.4. The van der Waals surface area contributed by atoms with Crippen molar-refractivity contribution in [3.63, 3.8) is 0 Å². The van der Waals surface area contributed by atoms with E-state index in [4.69, 9.17) is 10.5 Å². The Balaban J connectivity index is 2.73. The lowest BCUT2D eigenvalue weighted by Crippen LogP contribution is -2.29. The number of pyridine rings is 1. The Morgan fingerprint density at radius 2 is 2.21 bits per heavy atom. The third-order valence-corrected chi connectivity index (χ3v) is 2.78. The highest BCUT2D eigenvalue weighted by Gasteiger charge is 2.11. The van der Waals surface area contributed by atoms with E-state index >= 15 is 0 Å². The van der Waals surface area contributed by atoms with Gasteiger partial charge < -0.3 is 15.8 Å². The molecule has 0 saturated carbocycles. The number of ether oxygens (including phenoxy) is 1. The van der Waals surface area contributed by atoms with Crippen LogP contribution in [-0.4, -0.2) is 30.1 Å². The second kappa shape index (κ2) is 7.74. The minimum absolute atomic E-state index is 0.00689. The van der Waals surface area contributed by atoms with Crippen molar-refractivity contribution >= 4 is 5.91 Å². The van der Waals surface area contributed by atoms with Crippen LogP contribution >= 0.6 is 0 Å². The number of hydrogen-bond donors (Lipinski definition) is 2. The molecule has 1 unspecified atom stereocenters. The van der Waals surface area contributed by atoms with E-state index < -0.39 is 0 Å². The SMILES string of the molecule is CCNC(=O)COc1ccc(C)nc1CC(N)CC. The van der Waals surface area contributed by atoms with Crippen LogP contribution in [0.25, 0.3) is 0 Å². The number of hydrogen-bond acceptors (Lipinski definition) is 4. The van der Waals surface area contributed by atoms with Gasteiger partial charge in [-0.2, -0.15) is 0 Å². The van der Waals surface area contributed by atoms with Gasteiger partial charge in [-0.05, 0) is 32.4 Å². The third-order valence-electron chi connectivity index (χ3n) is 2.78. The predicted octanol–water partition coefficient (Wildman–Crippen LogP) is 1.18. The van der Waals surface area contributed by atoms with Crippen LogP contribution < -0.4 is 15.8 Å². The molecule has 5 nitrogen and oxygen atoms in total. The summed E-state index contributed by atoms with van der Waals surface area (Å²) in [6.45, 7) is 6.44. The van der Waals surface area contributed by atoms with E-state index in [1.165, 1.54) is 0 Å².